The Bertz CT molecular complexity index is 480. The molecule has 5 heteroatoms. The number of hydrogen-bond donors (Lipinski definition) is 0. The van der Waals surface area contributed by atoms with Gasteiger partial charge in [-0.2, -0.15) is 30.3 Å². The van der Waals surface area contributed by atoms with E-state index in [1.165, 1.54) is 0 Å². The molecule has 1 nitrogen and oxygen atoms in total. The van der Waals surface area contributed by atoms with Crippen LogP contribution in [-0.4, -0.2) is 23.1 Å². The van der Waals surface area contributed by atoms with Gasteiger partial charge in [0.25, 0.3) is 0 Å². The molecule has 0 aromatic heterocycles. The Labute approximate surface area is 131 Å². The van der Waals surface area contributed by atoms with Crippen molar-refractivity contribution in [2.24, 2.45) is 0 Å². The average Bonchev–Trinajstić information content (AvgIpc) is 2.32. The van der Waals surface area contributed by atoms with E-state index in [9.17, 15) is 8.78 Å². The number of ether oxygens (including phenoxy) is 1. The molecular weight excluding hydrogens is 314 g/mol. The number of halogens is 3. The molecule has 0 bridgehead atoms. The van der Waals surface area contributed by atoms with Gasteiger partial charge in [-0.15, -0.1) is 5.56 Å². The van der Waals surface area contributed by atoms with Crippen LogP contribution in [0.1, 0.15) is 5.56 Å². The summed E-state index contributed by atoms with van der Waals surface area (Å²) in [4.78, 5) is 0. The third-order valence-corrected chi connectivity index (χ3v) is 2.06. The zero-order valence-corrected chi connectivity index (χ0v) is 12.5. The van der Waals surface area contributed by atoms with E-state index in [2.05, 4.69) is 6.07 Å². The van der Waals surface area contributed by atoms with Crippen LogP contribution in [0.15, 0.2) is 42.5 Å². The van der Waals surface area contributed by atoms with Gasteiger partial charge in [-0.1, -0.05) is 0 Å². The Hall–Kier alpha value is -0.654. The predicted octanol–water partition coefficient (Wildman–Crippen LogP) is -0.0328. The van der Waals surface area contributed by atoms with E-state index in [0.717, 1.165) is 23.8 Å². The quantitative estimate of drug-likeness (QED) is 0.569. The van der Waals surface area contributed by atoms with Crippen LogP contribution in [0.2, 0.25) is 0 Å². The van der Waals surface area contributed by atoms with Gasteiger partial charge in [-0.3, -0.25) is 0 Å². The van der Waals surface area contributed by atoms with Crippen LogP contribution in [0.25, 0.3) is 0 Å². The summed E-state index contributed by atoms with van der Waals surface area (Å²) in [5.41, 5.74) is 0.853. The van der Waals surface area contributed by atoms with E-state index in [-0.39, 0.29) is 52.4 Å². The Balaban J connectivity index is 0.00000144. The average molecular weight is 323 g/mol. The third-order valence-electron chi connectivity index (χ3n) is 2.06. The molecule has 0 atom stereocenters. The maximum atomic E-state index is 13.2. The molecule has 0 saturated heterocycles. The summed E-state index contributed by atoms with van der Waals surface area (Å²) in [6.45, 7) is 0.192. The van der Waals surface area contributed by atoms with E-state index in [4.69, 9.17) is 4.74 Å². The van der Waals surface area contributed by atoms with Crippen LogP contribution >= 0.6 is 0 Å². The molecule has 0 fully saturated rings. The van der Waals surface area contributed by atoms with E-state index >= 15 is 0 Å². The molecule has 0 N–H and O–H groups in total. The van der Waals surface area contributed by atoms with Crippen LogP contribution in [0.5, 0.6) is 5.75 Å². The summed E-state index contributed by atoms with van der Waals surface area (Å²) in [6.07, 6.45) is 0. The first-order valence-corrected chi connectivity index (χ1v) is 4.78. The fourth-order valence-electron chi connectivity index (χ4n) is 1.27. The van der Waals surface area contributed by atoms with Gasteiger partial charge in [-0.05, 0) is 12.1 Å². The molecule has 0 heterocycles. The molecule has 0 unspecified atom stereocenters. The van der Waals surface area contributed by atoms with Crippen LogP contribution in [0, 0.1) is 17.7 Å². The molecule has 2 aromatic rings. The van der Waals surface area contributed by atoms with E-state index in [1.54, 1.807) is 18.2 Å². The minimum atomic E-state index is -0.568. The van der Waals surface area contributed by atoms with Crippen molar-refractivity contribution in [3.8, 4) is 5.75 Å². The van der Waals surface area contributed by atoms with Crippen molar-refractivity contribution in [1.29, 1.82) is 0 Å². The van der Waals surface area contributed by atoms with Crippen molar-refractivity contribution < 1.29 is 30.5 Å². The first-order chi connectivity index (χ1) is 7.75. The first-order valence-electron chi connectivity index (χ1n) is 4.78. The van der Waals surface area contributed by atoms with Gasteiger partial charge in [0, 0.05) is 6.07 Å². The van der Waals surface area contributed by atoms with Gasteiger partial charge in [0.15, 0.2) is 11.6 Å². The molecule has 0 aliphatic rings. The zero-order valence-electron chi connectivity index (χ0n) is 9.50. The summed E-state index contributed by atoms with van der Waals surface area (Å²) < 4.78 is 31.2. The summed E-state index contributed by atoms with van der Waals surface area (Å²) in [7, 11) is 0. The van der Waals surface area contributed by atoms with Gasteiger partial charge in [0.05, 0.1) is 6.61 Å². The summed E-state index contributed by atoms with van der Waals surface area (Å²) in [5, 5.41) is 0. The molecule has 0 aliphatic carbocycles. The van der Waals surface area contributed by atoms with E-state index in [0.29, 0.717) is 0 Å². The molecular formula is C13H9BrF2MgO. The minimum absolute atomic E-state index is 0. The fourth-order valence-corrected chi connectivity index (χ4v) is 1.27. The maximum Gasteiger partial charge on any atom is 2.00 e. The molecule has 0 spiro atoms. The van der Waals surface area contributed by atoms with Crippen molar-refractivity contribution in [2.75, 3.05) is 0 Å². The minimum Gasteiger partial charge on any atom is -1.00 e. The molecule has 90 valence electrons. The van der Waals surface area contributed by atoms with Crippen LogP contribution in [0.4, 0.5) is 8.78 Å². The molecule has 0 amide bonds. The second kappa shape index (κ2) is 8.45. The zero-order chi connectivity index (χ0) is 11.4. The smallest absolute Gasteiger partial charge is 1.00 e. The van der Waals surface area contributed by atoms with Gasteiger partial charge >= 0.3 is 23.1 Å². The normalized spacial score (nSPS) is 9.00. The van der Waals surface area contributed by atoms with E-state index in [1.807, 2.05) is 6.07 Å². The number of benzene rings is 2. The Morgan fingerprint density at radius 1 is 1.17 bits per heavy atom. The second-order valence-corrected chi connectivity index (χ2v) is 3.28. The van der Waals surface area contributed by atoms with Crippen molar-refractivity contribution in [2.45, 2.75) is 6.61 Å². The van der Waals surface area contributed by atoms with Gasteiger partial charge in [-0.25, -0.2) is 8.78 Å². The van der Waals surface area contributed by atoms with Crippen molar-refractivity contribution in [3.05, 3.63) is 65.7 Å². The summed E-state index contributed by atoms with van der Waals surface area (Å²) >= 11 is 0. The van der Waals surface area contributed by atoms with Gasteiger partial charge in [0.2, 0.25) is 0 Å². The molecule has 0 aliphatic heterocycles. The standard InChI is InChI=1S/C13H9F2O.BrH.Mg/c14-11-6-7-12(15)13(8-11)16-9-10-4-2-1-3-5-10;;/h1-2,4-8H,9H2;1H;/q-1;;+2/p-1. The molecule has 2 rings (SSSR count). The van der Waals surface area contributed by atoms with Gasteiger partial charge in [0.1, 0.15) is 5.82 Å². The maximum absolute atomic E-state index is 13.2. The summed E-state index contributed by atoms with van der Waals surface area (Å²) in [6, 6.07) is 13.1. The molecule has 0 saturated carbocycles. The Morgan fingerprint density at radius 2 is 1.94 bits per heavy atom. The number of hydrogen-bond acceptors (Lipinski definition) is 1. The topological polar surface area (TPSA) is 9.23 Å². The Kier molecular flexibility index (Phi) is 8.14. The molecule has 2 aromatic carbocycles. The van der Waals surface area contributed by atoms with Crippen molar-refractivity contribution in [1.82, 2.24) is 0 Å². The first kappa shape index (κ1) is 17.3. The second-order valence-electron chi connectivity index (χ2n) is 3.28. The van der Waals surface area contributed by atoms with Crippen molar-refractivity contribution >= 4 is 23.1 Å². The van der Waals surface area contributed by atoms with Crippen molar-refractivity contribution in [3.63, 3.8) is 0 Å². The van der Waals surface area contributed by atoms with Crippen LogP contribution in [0.3, 0.4) is 0 Å². The molecule has 0 radical (unpaired) electrons. The molecule has 18 heavy (non-hydrogen) atoms. The summed E-state index contributed by atoms with van der Waals surface area (Å²) in [5.74, 6) is -1.17. The SMILES string of the molecule is Fc1ccc(F)c(OCc2c[c-]ccc2)c1.[Br-].[Mg+2]. The third kappa shape index (κ3) is 4.92. The Morgan fingerprint density at radius 3 is 2.61 bits per heavy atom. The van der Waals surface area contributed by atoms with Gasteiger partial charge < -0.3 is 21.7 Å². The largest absolute Gasteiger partial charge is 2.00 e. The number of rotatable bonds is 3. The van der Waals surface area contributed by atoms with E-state index < -0.39 is 11.6 Å². The predicted molar refractivity (Wildman–Crippen MR) is 61.7 cm³/mol. The fraction of sp³-hybridized carbons (Fsp3) is 0.0769. The van der Waals surface area contributed by atoms with Crippen LogP contribution < -0.4 is 21.7 Å². The monoisotopic (exact) mass is 322 g/mol. The van der Waals surface area contributed by atoms with Crippen LogP contribution in [-0.2, 0) is 6.61 Å².